The number of anilines is 3. The quantitative estimate of drug-likeness (QED) is 0.437. The highest BCUT2D eigenvalue weighted by molar-refractivity contribution is 14.1. The van der Waals surface area contributed by atoms with Crippen molar-refractivity contribution < 1.29 is 4.39 Å². The first-order chi connectivity index (χ1) is 9.12. The lowest BCUT2D eigenvalue weighted by molar-refractivity contribution is 0.627. The first-order valence-electron chi connectivity index (χ1n) is 5.69. The van der Waals surface area contributed by atoms with Crippen molar-refractivity contribution in [1.82, 2.24) is 9.97 Å². The fourth-order valence-electron chi connectivity index (χ4n) is 1.52. The van der Waals surface area contributed by atoms with Gasteiger partial charge in [0.1, 0.15) is 23.3 Å². The van der Waals surface area contributed by atoms with Gasteiger partial charge in [0.25, 0.3) is 0 Å². The smallest absolute Gasteiger partial charge is 0.145 e. The Hall–Kier alpha value is -1.48. The first kappa shape index (κ1) is 13.9. The molecule has 0 atom stereocenters. The molecule has 19 heavy (non-hydrogen) atoms. The molecule has 1 aromatic heterocycles. The highest BCUT2D eigenvalue weighted by Crippen LogP contribution is 2.23. The van der Waals surface area contributed by atoms with Crippen molar-refractivity contribution in [2.75, 3.05) is 10.7 Å². The lowest BCUT2D eigenvalue weighted by Gasteiger charge is -2.10. The number of aryl methyl sites for hydroxylation is 1. The predicted octanol–water partition coefficient (Wildman–Crippen LogP) is 2.81. The van der Waals surface area contributed by atoms with Gasteiger partial charge in [0.15, 0.2) is 0 Å². The number of aromatic nitrogens is 2. The van der Waals surface area contributed by atoms with Gasteiger partial charge in [0.05, 0.1) is 5.69 Å². The zero-order chi connectivity index (χ0) is 13.8. The summed E-state index contributed by atoms with van der Waals surface area (Å²) in [6.07, 6.45) is 0.699. The molecule has 1 heterocycles. The number of rotatable bonds is 4. The molecule has 0 spiro atoms. The summed E-state index contributed by atoms with van der Waals surface area (Å²) in [6, 6.07) is 6.21. The van der Waals surface area contributed by atoms with E-state index in [2.05, 4.69) is 43.3 Å². The number of nitrogens with one attached hydrogen (secondary N) is 2. The molecule has 2 aromatic rings. The molecule has 100 valence electrons. The van der Waals surface area contributed by atoms with Crippen LogP contribution < -0.4 is 16.6 Å². The molecule has 0 aliphatic heterocycles. The average Bonchev–Trinajstić information content (AvgIpc) is 2.41. The van der Waals surface area contributed by atoms with Crippen molar-refractivity contribution >= 4 is 39.9 Å². The molecule has 2 rings (SSSR count). The van der Waals surface area contributed by atoms with Gasteiger partial charge >= 0.3 is 0 Å². The van der Waals surface area contributed by atoms with Crippen LogP contribution in [0.15, 0.2) is 24.3 Å². The van der Waals surface area contributed by atoms with E-state index >= 15 is 0 Å². The number of nitrogens with zero attached hydrogens (tertiary/aromatic N) is 2. The summed E-state index contributed by atoms with van der Waals surface area (Å²) in [5.74, 6) is 6.92. The molecule has 0 aliphatic carbocycles. The Morgan fingerprint density at radius 1 is 1.26 bits per heavy atom. The van der Waals surface area contributed by atoms with E-state index in [-0.39, 0.29) is 5.82 Å². The van der Waals surface area contributed by atoms with Gasteiger partial charge < -0.3 is 10.7 Å². The van der Waals surface area contributed by atoms with E-state index in [1.807, 2.05) is 6.92 Å². The van der Waals surface area contributed by atoms with Crippen LogP contribution in [0.3, 0.4) is 0 Å². The summed E-state index contributed by atoms with van der Waals surface area (Å²) in [7, 11) is 0. The number of hydrogen-bond acceptors (Lipinski definition) is 5. The Kier molecular flexibility index (Phi) is 4.48. The van der Waals surface area contributed by atoms with E-state index in [1.165, 1.54) is 12.1 Å². The molecule has 1 aromatic carbocycles. The molecule has 0 saturated carbocycles. The van der Waals surface area contributed by atoms with Crippen LogP contribution in [0.25, 0.3) is 0 Å². The second-order valence-corrected chi connectivity index (χ2v) is 4.96. The van der Waals surface area contributed by atoms with E-state index < -0.39 is 0 Å². The third-order valence-corrected chi connectivity index (χ3v) is 3.32. The number of benzene rings is 1. The molecule has 0 amide bonds. The van der Waals surface area contributed by atoms with Crippen molar-refractivity contribution in [3.63, 3.8) is 0 Å². The van der Waals surface area contributed by atoms with Crippen LogP contribution in [0.1, 0.15) is 12.7 Å². The SMILES string of the molecule is CCc1nc(NN)cc(Nc2ccc(F)cc2I)n1. The fraction of sp³-hybridized carbons (Fsp3) is 0.167. The van der Waals surface area contributed by atoms with Crippen LogP contribution in [-0.4, -0.2) is 9.97 Å². The number of nitrogens with two attached hydrogens (primary N) is 1. The van der Waals surface area contributed by atoms with Crippen LogP contribution in [0.5, 0.6) is 0 Å². The van der Waals surface area contributed by atoms with Gasteiger partial charge in [0.2, 0.25) is 0 Å². The summed E-state index contributed by atoms with van der Waals surface area (Å²) in [6.45, 7) is 1.96. The van der Waals surface area contributed by atoms with Gasteiger partial charge in [-0.05, 0) is 40.8 Å². The Balaban J connectivity index is 2.31. The van der Waals surface area contributed by atoms with Crippen LogP contribution in [-0.2, 0) is 6.42 Å². The van der Waals surface area contributed by atoms with E-state index in [0.29, 0.717) is 23.9 Å². The summed E-state index contributed by atoms with van der Waals surface area (Å²) >= 11 is 2.06. The van der Waals surface area contributed by atoms with Gasteiger partial charge in [-0.25, -0.2) is 20.2 Å². The van der Waals surface area contributed by atoms with Gasteiger partial charge in [-0.3, -0.25) is 0 Å². The standard InChI is InChI=1S/C12H13FIN5/c1-2-10-17-11(6-12(18-10)19-15)16-9-4-3-7(13)5-8(9)14/h3-6H,2,15H2,1H3,(H2,16,17,18,19). The van der Waals surface area contributed by atoms with Gasteiger partial charge in [0, 0.05) is 16.1 Å². The predicted molar refractivity (Wildman–Crippen MR) is 81.6 cm³/mol. The average molecular weight is 373 g/mol. The van der Waals surface area contributed by atoms with Gasteiger partial charge in [-0.15, -0.1) is 0 Å². The van der Waals surface area contributed by atoms with Crippen LogP contribution in [0, 0.1) is 9.39 Å². The monoisotopic (exact) mass is 373 g/mol. The molecule has 0 radical (unpaired) electrons. The van der Waals surface area contributed by atoms with E-state index in [9.17, 15) is 4.39 Å². The Labute approximate surface area is 123 Å². The normalized spacial score (nSPS) is 10.3. The summed E-state index contributed by atoms with van der Waals surface area (Å²) in [5, 5.41) is 3.13. The van der Waals surface area contributed by atoms with Gasteiger partial charge in [-0.2, -0.15) is 0 Å². The third kappa shape index (κ3) is 3.51. The largest absolute Gasteiger partial charge is 0.339 e. The number of halogens is 2. The van der Waals surface area contributed by atoms with Crippen LogP contribution in [0.2, 0.25) is 0 Å². The van der Waals surface area contributed by atoms with Crippen molar-refractivity contribution in [1.29, 1.82) is 0 Å². The first-order valence-corrected chi connectivity index (χ1v) is 6.77. The number of hydrazine groups is 1. The summed E-state index contributed by atoms with van der Waals surface area (Å²) in [5.41, 5.74) is 3.28. The van der Waals surface area contributed by atoms with Crippen molar-refractivity contribution in [3.8, 4) is 0 Å². The molecule has 5 nitrogen and oxygen atoms in total. The lowest BCUT2D eigenvalue weighted by atomic mass is 10.3. The summed E-state index contributed by atoms with van der Waals surface area (Å²) in [4.78, 5) is 8.54. The third-order valence-electron chi connectivity index (χ3n) is 2.43. The maximum absolute atomic E-state index is 13.0. The Morgan fingerprint density at radius 2 is 2.00 bits per heavy atom. The topological polar surface area (TPSA) is 75.9 Å². The van der Waals surface area contributed by atoms with Crippen molar-refractivity contribution in [2.24, 2.45) is 5.84 Å². The maximum Gasteiger partial charge on any atom is 0.145 e. The second kappa shape index (κ2) is 6.11. The molecule has 4 N–H and O–H groups in total. The number of nitrogen functional groups attached to an aromatic ring is 1. The van der Waals surface area contributed by atoms with Gasteiger partial charge in [-0.1, -0.05) is 6.92 Å². The van der Waals surface area contributed by atoms with E-state index in [1.54, 1.807) is 12.1 Å². The Bertz CT molecular complexity index is 568. The molecule has 0 fully saturated rings. The zero-order valence-electron chi connectivity index (χ0n) is 10.2. The maximum atomic E-state index is 13.0. The van der Waals surface area contributed by atoms with E-state index in [0.717, 1.165) is 9.26 Å². The molecule has 0 aliphatic rings. The molecule has 0 saturated heterocycles. The molecular formula is C12H13FIN5. The minimum Gasteiger partial charge on any atom is -0.339 e. The minimum atomic E-state index is -0.267. The van der Waals surface area contributed by atoms with Crippen molar-refractivity contribution in [2.45, 2.75) is 13.3 Å². The lowest BCUT2D eigenvalue weighted by Crippen LogP contribution is -2.11. The molecule has 0 bridgehead atoms. The Morgan fingerprint density at radius 3 is 2.63 bits per heavy atom. The second-order valence-electron chi connectivity index (χ2n) is 3.80. The summed E-state index contributed by atoms with van der Waals surface area (Å²) < 4.78 is 13.8. The molecule has 0 unspecified atom stereocenters. The van der Waals surface area contributed by atoms with Crippen LogP contribution in [0.4, 0.5) is 21.7 Å². The fourth-order valence-corrected chi connectivity index (χ4v) is 2.13. The molecular weight excluding hydrogens is 360 g/mol. The molecule has 7 heteroatoms. The minimum absolute atomic E-state index is 0.267. The van der Waals surface area contributed by atoms with Crippen LogP contribution >= 0.6 is 22.6 Å². The van der Waals surface area contributed by atoms with Crippen molar-refractivity contribution in [3.05, 3.63) is 39.5 Å². The number of hydrogen-bond donors (Lipinski definition) is 3. The van der Waals surface area contributed by atoms with E-state index in [4.69, 9.17) is 5.84 Å². The highest BCUT2D eigenvalue weighted by atomic mass is 127. The zero-order valence-corrected chi connectivity index (χ0v) is 12.4. The highest BCUT2D eigenvalue weighted by Gasteiger charge is 2.06.